The highest BCUT2D eigenvalue weighted by molar-refractivity contribution is 7.89. The number of benzene rings is 2. The van der Waals surface area contributed by atoms with Gasteiger partial charge in [0.2, 0.25) is 10.0 Å². The first-order valence-electron chi connectivity index (χ1n) is 7.61. The molecule has 134 valence electrons. The molecule has 0 heterocycles. The first-order chi connectivity index (χ1) is 11.6. The Balaban J connectivity index is 2.14. The number of carbonyl (C=O) groups excluding carboxylic acids is 1. The summed E-state index contributed by atoms with van der Waals surface area (Å²) in [6, 6.07) is 8.18. The summed E-state index contributed by atoms with van der Waals surface area (Å²) in [5.41, 5.74) is 2.65. The number of hydrogen-bond donors (Lipinski definition) is 0. The zero-order valence-electron chi connectivity index (χ0n) is 14.5. The maximum atomic E-state index is 12.9. The Morgan fingerprint density at radius 2 is 1.60 bits per heavy atom. The topological polar surface area (TPSA) is 63.7 Å². The molecule has 0 fully saturated rings. The summed E-state index contributed by atoms with van der Waals surface area (Å²) in [5.74, 6) is -0.794. The maximum Gasteiger partial charge on any atom is 0.326 e. The standard InChI is InChI=1S/C18H20FNO4S/c1-12-9-13(2)18(14(3)10-12)24-17(21)11-20(4)25(22,23)16-7-5-15(19)6-8-16/h5-10H,11H2,1-4H3. The van der Waals surface area contributed by atoms with Crippen molar-refractivity contribution in [2.75, 3.05) is 13.6 Å². The molecule has 0 saturated heterocycles. The van der Waals surface area contributed by atoms with Crippen molar-refractivity contribution in [2.45, 2.75) is 25.7 Å². The van der Waals surface area contributed by atoms with E-state index in [1.165, 1.54) is 7.05 Å². The molecule has 7 heteroatoms. The van der Waals surface area contributed by atoms with Crippen LogP contribution in [0.15, 0.2) is 41.3 Å². The fourth-order valence-electron chi connectivity index (χ4n) is 2.53. The second kappa shape index (κ2) is 7.33. The summed E-state index contributed by atoms with van der Waals surface area (Å²) in [6.45, 7) is 5.13. The van der Waals surface area contributed by atoms with Gasteiger partial charge in [-0.25, -0.2) is 12.8 Å². The van der Waals surface area contributed by atoms with Gasteiger partial charge in [-0.1, -0.05) is 17.7 Å². The van der Waals surface area contributed by atoms with Crippen LogP contribution in [0.5, 0.6) is 5.75 Å². The van der Waals surface area contributed by atoms with E-state index in [0.717, 1.165) is 45.3 Å². The van der Waals surface area contributed by atoms with Gasteiger partial charge in [-0.3, -0.25) is 4.79 Å². The predicted molar refractivity (Wildman–Crippen MR) is 92.5 cm³/mol. The molecule has 0 spiro atoms. The molecule has 0 radical (unpaired) electrons. The third kappa shape index (κ3) is 4.43. The first kappa shape index (κ1) is 19.1. The number of esters is 1. The van der Waals surface area contributed by atoms with E-state index in [0.29, 0.717) is 5.75 Å². The number of ether oxygens (including phenoxy) is 1. The van der Waals surface area contributed by atoms with E-state index in [2.05, 4.69) is 0 Å². The molecule has 0 unspecified atom stereocenters. The third-order valence-electron chi connectivity index (χ3n) is 3.69. The second-order valence-electron chi connectivity index (χ2n) is 5.92. The lowest BCUT2D eigenvalue weighted by atomic mass is 10.1. The summed E-state index contributed by atoms with van der Waals surface area (Å²) in [6.07, 6.45) is 0. The van der Waals surface area contributed by atoms with Crippen LogP contribution in [0.2, 0.25) is 0 Å². The van der Waals surface area contributed by atoms with Crippen molar-refractivity contribution in [3.05, 3.63) is 58.9 Å². The Bertz CT molecular complexity index is 869. The molecular formula is C18H20FNO4S. The normalized spacial score (nSPS) is 11.6. The van der Waals surface area contributed by atoms with Crippen LogP contribution in [-0.2, 0) is 14.8 Å². The molecule has 0 aliphatic heterocycles. The molecule has 0 N–H and O–H groups in total. The van der Waals surface area contributed by atoms with Crippen LogP contribution in [0, 0.1) is 26.6 Å². The van der Waals surface area contributed by atoms with Crippen LogP contribution in [0.1, 0.15) is 16.7 Å². The predicted octanol–water partition coefficient (Wildman–Crippen LogP) is 2.98. The van der Waals surface area contributed by atoms with Gasteiger partial charge in [0.05, 0.1) is 4.90 Å². The number of aryl methyl sites for hydroxylation is 3. The van der Waals surface area contributed by atoms with Gasteiger partial charge in [-0.15, -0.1) is 0 Å². The quantitative estimate of drug-likeness (QED) is 0.604. The Hall–Kier alpha value is -2.25. The minimum Gasteiger partial charge on any atom is -0.425 e. The number of sulfonamides is 1. The smallest absolute Gasteiger partial charge is 0.326 e. The molecule has 0 atom stereocenters. The summed E-state index contributed by atoms with van der Waals surface area (Å²) >= 11 is 0. The fourth-order valence-corrected chi connectivity index (χ4v) is 3.64. The van der Waals surface area contributed by atoms with Gasteiger partial charge < -0.3 is 4.74 Å². The first-order valence-corrected chi connectivity index (χ1v) is 9.05. The number of nitrogens with zero attached hydrogens (tertiary/aromatic N) is 1. The lowest BCUT2D eigenvalue weighted by molar-refractivity contribution is -0.134. The van der Waals surface area contributed by atoms with Crippen LogP contribution < -0.4 is 4.74 Å². The van der Waals surface area contributed by atoms with Crippen molar-refractivity contribution < 1.29 is 22.3 Å². The molecule has 0 bridgehead atoms. The maximum absolute atomic E-state index is 12.9. The monoisotopic (exact) mass is 365 g/mol. The van der Waals surface area contributed by atoms with Crippen LogP contribution in [-0.4, -0.2) is 32.3 Å². The second-order valence-corrected chi connectivity index (χ2v) is 7.96. The zero-order chi connectivity index (χ0) is 18.8. The summed E-state index contributed by atoms with van der Waals surface area (Å²) < 4.78 is 44.0. The summed E-state index contributed by atoms with van der Waals surface area (Å²) in [4.78, 5) is 12.1. The number of likely N-dealkylation sites (N-methyl/N-ethyl adjacent to an activating group) is 1. The number of rotatable bonds is 5. The molecule has 0 aromatic heterocycles. The lowest BCUT2D eigenvalue weighted by Crippen LogP contribution is -2.34. The van der Waals surface area contributed by atoms with Crippen molar-refractivity contribution in [3.63, 3.8) is 0 Å². The van der Waals surface area contributed by atoms with E-state index < -0.39 is 28.4 Å². The van der Waals surface area contributed by atoms with E-state index in [1.54, 1.807) is 0 Å². The van der Waals surface area contributed by atoms with Crippen molar-refractivity contribution in [1.29, 1.82) is 0 Å². The number of halogens is 1. The van der Waals surface area contributed by atoms with E-state index >= 15 is 0 Å². The Labute approximate surface area is 147 Å². The molecule has 0 saturated carbocycles. The van der Waals surface area contributed by atoms with E-state index in [-0.39, 0.29) is 4.90 Å². The average Bonchev–Trinajstić information content (AvgIpc) is 2.51. The fraction of sp³-hybridized carbons (Fsp3) is 0.278. The Morgan fingerprint density at radius 1 is 1.08 bits per heavy atom. The highest BCUT2D eigenvalue weighted by Gasteiger charge is 2.24. The minimum atomic E-state index is -3.90. The van der Waals surface area contributed by atoms with Gasteiger partial charge >= 0.3 is 5.97 Å². The lowest BCUT2D eigenvalue weighted by Gasteiger charge is -2.17. The molecule has 5 nitrogen and oxygen atoms in total. The van der Waals surface area contributed by atoms with Gasteiger partial charge in [0.25, 0.3) is 0 Å². The number of carbonyl (C=O) groups is 1. The highest BCUT2D eigenvalue weighted by atomic mass is 32.2. The van der Waals surface area contributed by atoms with Crippen molar-refractivity contribution in [3.8, 4) is 5.75 Å². The molecule has 2 aromatic carbocycles. The van der Waals surface area contributed by atoms with E-state index in [9.17, 15) is 17.6 Å². The van der Waals surface area contributed by atoms with Crippen LogP contribution in [0.3, 0.4) is 0 Å². The molecule has 0 amide bonds. The molecular weight excluding hydrogens is 345 g/mol. The average molecular weight is 365 g/mol. The third-order valence-corrected chi connectivity index (χ3v) is 5.51. The Kier molecular flexibility index (Phi) is 5.59. The summed E-state index contributed by atoms with van der Waals surface area (Å²) in [7, 11) is -2.63. The molecule has 2 aromatic rings. The van der Waals surface area contributed by atoms with Crippen molar-refractivity contribution in [2.24, 2.45) is 0 Å². The van der Waals surface area contributed by atoms with Gasteiger partial charge in [0.15, 0.2) is 0 Å². The molecule has 25 heavy (non-hydrogen) atoms. The van der Waals surface area contributed by atoms with Crippen LogP contribution >= 0.6 is 0 Å². The van der Waals surface area contributed by atoms with E-state index in [4.69, 9.17) is 4.74 Å². The van der Waals surface area contributed by atoms with Crippen molar-refractivity contribution in [1.82, 2.24) is 4.31 Å². The largest absolute Gasteiger partial charge is 0.425 e. The van der Waals surface area contributed by atoms with Gasteiger partial charge in [-0.2, -0.15) is 4.31 Å². The van der Waals surface area contributed by atoms with Crippen LogP contribution in [0.4, 0.5) is 4.39 Å². The van der Waals surface area contributed by atoms with Gasteiger partial charge in [0.1, 0.15) is 18.1 Å². The zero-order valence-corrected chi connectivity index (χ0v) is 15.4. The highest BCUT2D eigenvalue weighted by Crippen LogP contribution is 2.25. The summed E-state index contributed by atoms with van der Waals surface area (Å²) in [5, 5.41) is 0. The van der Waals surface area contributed by atoms with Gasteiger partial charge in [-0.05, 0) is 56.2 Å². The van der Waals surface area contributed by atoms with Gasteiger partial charge in [0, 0.05) is 7.05 Å². The minimum absolute atomic E-state index is 0.0908. The number of hydrogen-bond acceptors (Lipinski definition) is 4. The molecule has 2 rings (SSSR count). The van der Waals surface area contributed by atoms with Crippen LogP contribution in [0.25, 0.3) is 0 Å². The molecule has 0 aliphatic carbocycles. The Morgan fingerprint density at radius 3 is 2.12 bits per heavy atom. The van der Waals surface area contributed by atoms with Crippen molar-refractivity contribution >= 4 is 16.0 Å². The van der Waals surface area contributed by atoms with E-state index in [1.807, 2.05) is 32.9 Å². The molecule has 0 aliphatic rings. The SMILES string of the molecule is Cc1cc(C)c(OC(=O)CN(C)S(=O)(=O)c2ccc(F)cc2)c(C)c1.